The summed E-state index contributed by atoms with van der Waals surface area (Å²) < 4.78 is 0. The maximum Gasteiger partial charge on any atom is 0.325 e. The number of hydrazone groups is 1. The van der Waals surface area contributed by atoms with Crippen molar-refractivity contribution in [2.45, 2.75) is 6.42 Å². The van der Waals surface area contributed by atoms with Crippen LogP contribution in [0.25, 0.3) is 0 Å². The molecule has 9 nitrogen and oxygen atoms in total. The SMILES string of the molecule is O=C(Cc1nnc(NC(=O)Nc2ccccc2)s1)N/N=C\c1cccc(O)c1. The molecule has 0 saturated carbocycles. The van der Waals surface area contributed by atoms with Gasteiger partial charge in [0.1, 0.15) is 10.8 Å². The number of para-hydroxylation sites is 1. The summed E-state index contributed by atoms with van der Waals surface area (Å²) in [6.45, 7) is 0. The monoisotopic (exact) mass is 396 g/mol. The van der Waals surface area contributed by atoms with Crippen LogP contribution in [-0.2, 0) is 11.2 Å². The molecule has 0 saturated heterocycles. The molecule has 1 aromatic heterocycles. The first-order chi connectivity index (χ1) is 13.6. The summed E-state index contributed by atoms with van der Waals surface area (Å²) in [7, 11) is 0. The van der Waals surface area contributed by atoms with E-state index in [-0.39, 0.29) is 23.2 Å². The number of aromatic hydroxyl groups is 1. The van der Waals surface area contributed by atoms with Crippen LogP contribution >= 0.6 is 11.3 Å². The van der Waals surface area contributed by atoms with E-state index in [1.54, 1.807) is 36.4 Å². The Kier molecular flexibility index (Phi) is 6.26. The van der Waals surface area contributed by atoms with Crippen molar-refractivity contribution in [3.63, 3.8) is 0 Å². The Morgan fingerprint density at radius 1 is 1.07 bits per heavy atom. The van der Waals surface area contributed by atoms with Crippen molar-refractivity contribution in [3.8, 4) is 5.75 Å². The predicted molar refractivity (Wildman–Crippen MR) is 107 cm³/mol. The van der Waals surface area contributed by atoms with E-state index in [0.717, 1.165) is 11.3 Å². The molecule has 10 heteroatoms. The molecule has 28 heavy (non-hydrogen) atoms. The third-order valence-corrected chi connectivity index (χ3v) is 4.14. The largest absolute Gasteiger partial charge is 0.508 e. The zero-order chi connectivity index (χ0) is 19.8. The molecule has 0 aliphatic carbocycles. The molecule has 3 rings (SSSR count). The Morgan fingerprint density at radius 2 is 1.89 bits per heavy atom. The molecule has 1 heterocycles. The molecule has 0 radical (unpaired) electrons. The van der Waals surface area contributed by atoms with E-state index in [4.69, 9.17) is 0 Å². The number of nitrogens with zero attached hydrogens (tertiary/aromatic N) is 3. The van der Waals surface area contributed by atoms with Crippen LogP contribution in [-0.4, -0.2) is 33.5 Å². The number of nitrogens with one attached hydrogen (secondary N) is 3. The summed E-state index contributed by atoms with van der Waals surface area (Å²) in [4.78, 5) is 23.8. The van der Waals surface area contributed by atoms with Gasteiger partial charge in [-0.3, -0.25) is 10.1 Å². The highest BCUT2D eigenvalue weighted by molar-refractivity contribution is 7.15. The van der Waals surface area contributed by atoms with Gasteiger partial charge in [0.2, 0.25) is 11.0 Å². The normalized spacial score (nSPS) is 10.6. The predicted octanol–water partition coefficient (Wildman–Crippen LogP) is 2.58. The van der Waals surface area contributed by atoms with Crippen LogP contribution < -0.4 is 16.1 Å². The van der Waals surface area contributed by atoms with Gasteiger partial charge in [-0.05, 0) is 29.8 Å². The Bertz CT molecular complexity index is 990. The molecule has 3 aromatic rings. The van der Waals surface area contributed by atoms with Crippen LogP contribution in [0.4, 0.5) is 15.6 Å². The fraction of sp³-hybridized carbons (Fsp3) is 0.0556. The van der Waals surface area contributed by atoms with E-state index in [1.807, 2.05) is 6.07 Å². The molecule has 0 aliphatic rings. The van der Waals surface area contributed by atoms with Crippen molar-refractivity contribution in [2.24, 2.45) is 5.10 Å². The molecule has 142 valence electrons. The van der Waals surface area contributed by atoms with Gasteiger partial charge < -0.3 is 10.4 Å². The highest BCUT2D eigenvalue weighted by Crippen LogP contribution is 2.16. The summed E-state index contributed by atoms with van der Waals surface area (Å²) >= 11 is 1.09. The first kappa shape index (κ1) is 19.0. The molecule has 0 aliphatic heterocycles. The average Bonchev–Trinajstić information content (AvgIpc) is 3.09. The summed E-state index contributed by atoms with van der Waals surface area (Å²) in [5.74, 6) is -0.270. The number of aromatic nitrogens is 2. The number of hydrogen-bond acceptors (Lipinski definition) is 7. The van der Waals surface area contributed by atoms with Crippen molar-refractivity contribution in [2.75, 3.05) is 10.6 Å². The van der Waals surface area contributed by atoms with E-state index < -0.39 is 6.03 Å². The lowest BCUT2D eigenvalue weighted by atomic mass is 10.2. The molecule has 3 amide bonds. The van der Waals surface area contributed by atoms with Crippen molar-refractivity contribution in [1.82, 2.24) is 15.6 Å². The van der Waals surface area contributed by atoms with E-state index in [2.05, 4.69) is 31.4 Å². The third kappa shape index (κ3) is 5.88. The molecule has 0 fully saturated rings. The number of phenolic OH excluding ortho intramolecular Hbond substituents is 1. The van der Waals surface area contributed by atoms with Crippen LogP contribution in [0.1, 0.15) is 10.6 Å². The lowest BCUT2D eigenvalue weighted by molar-refractivity contribution is -0.120. The van der Waals surface area contributed by atoms with Crippen molar-refractivity contribution in [3.05, 3.63) is 65.2 Å². The van der Waals surface area contributed by atoms with Gasteiger partial charge >= 0.3 is 6.03 Å². The number of hydrogen-bond donors (Lipinski definition) is 4. The van der Waals surface area contributed by atoms with Gasteiger partial charge in [-0.25, -0.2) is 10.2 Å². The molecule has 4 N–H and O–H groups in total. The number of phenols is 1. The minimum absolute atomic E-state index is 0.0307. The zero-order valence-electron chi connectivity index (χ0n) is 14.5. The van der Waals surface area contributed by atoms with Gasteiger partial charge in [-0.15, -0.1) is 10.2 Å². The Balaban J connectivity index is 1.47. The minimum Gasteiger partial charge on any atom is -0.508 e. The fourth-order valence-corrected chi connectivity index (χ4v) is 2.85. The van der Waals surface area contributed by atoms with Gasteiger partial charge in [0.15, 0.2) is 0 Å². The molecular weight excluding hydrogens is 380 g/mol. The Morgan fingerprint density at radius 3 is 2.68 bits per heavy atom. The van der Waals surface area contributed by atoms with E-state index in [1.165, 1.54) is 18.3 Å². The highest BCUT2D eigenvalue weighted by atomic mass is 32.1. The number of benzene rings is 2. The van der Waals surface area contributed by atoms with Crippen LogP contribution in [0.15, 0.2) is 59.7 Å². The maximum atomic E-state index is 11.9. The Hall–Kier alpha value is -3.79. The van der Waals surface area contributed by atoms with Crippen molar-refractivity contribution >= 4 is 40.3 Å². The number of carbonyl (C=O) groups is 2. The number of rotatable bonds is 6. The summed E-state index contributed by atoms with van der Waals surface area (Å²) in [5, 5.41) is 26.8. The quantitative estimate of drug-likeness (QED) is 0.376. The molecule has 2 aromatic carbocycles. The third-order valence-electron chi connectivity index (χ3n) is 3.30. The number of anilines is 2. The average molecular weight is 396 g/mol. The molecule has 0 bridgehead atoms. The van der Waals surface area contributed by atoms with Crippen molar-refractivity contribution < 1.29 is 14.7 Å². The summed E-state index contributed by atoms with van der Waals surface area (Å²) in [6.07, 6.45) is 1.38. The lowest BCUT2D eigenvalue weighted by Gasteiger charge is -2.03. The van der Waals surface area contributed by atoms with E-state index in [9.17, 15) is 14.7 Å². The number of carbonyl (C=O) groups excluding carboxylic acids is 2. The van der Waals surface area contributed by atoms with Gasteiger partial charge in [0.25, 0.3) is 0 Å². The van der Waals surface area contributed by atoms with Crippen LogP contribution in [0, 0.1) is 0 Å². The standard InChI is InChI=1S/C18H16N6O3S/c25-14-8-4-5-12(9-14)11-19-22-15(26)10-16-23-24-18(28-16)21-17(27)20-13-6-2-1-3-7-13/h1-9,11,25H,10H2,(H,22,26)(H2,20,21,24,27)/b19-11-. The van der Waals surface area contributed by atoms with Crippen molar-refractivity contribution in [1.29, 1.82) is 0 Å². The van der Waals surface area contributed by atoms with Crippen LogP contribution in [0.2, 0.25) is 0 Å². The van der Waals surface area contributed by atoms with E-state index in [0.29, 0.717) is 16.3 Å². The van der Waals surface area contributed by atoms with Gasteiger partial charge in [-0.2, -0.15) is 5.10 Å². The molecule has 0 atom stereocenters. The molecule has 0 spiro atoms. The van der Waals surface area contributed by atoms with Gasteiger partial charge in [0, 0.05) is 5.69 Å². The molecule has 0 unspecified atom stereocenters. The topological polar surface area (TPSA) is 129 Å². The second-order valence-corrected chi connectivity index (χ2v) is 6.57. The summed E-state index contributed by atoms with van der Waals surface area (Å²) in [6, 6.07) is 15.0. The van der Waals surface area contributed by atoms with Gasteiger partial charge in [0.05, 0.1) is 12.6 Å². The second-order valence-electron chi connectivity index (χ2n) is 5.51. The molecular formula is C18H16N6O3S. The highest BCUT2D eigenvalue weighted by Gasteiger charge is 2.11. The van der Waals surface area contributed by atoms with Crippen LogP contribution in [0.5, 0.6) is 5.75 Å². The maximum absolute atomic E-state index is 11.9. The van der Waals surface area contributed by atoms with E-state index >= 15 is 0 Å². The first-order valence-corrected chi connectivity index (χ1v) is 8.96. The van der Waals surface area contributed by atoms with Gasteiger partial charge in [-0.1, -0.05) is 41.7 Å². The number of amides is 3. The zero-order valence-corrected chi connectivity index (χ0v) is 15.3. The minimum atomic E-state index is -0.450. The second kappa shape index (κ2) is 9.24. The first-order valence-electron chi connectivity index (χ1n) is 8.15. The lowest BCUT2D eigenvalue weighted by Crippen LogP contribution is -2.19. The number of urea groups is 1. The smallest absolute Gasteiger partial charge is 0.325 e. The fourth-order valence-electron chi connectivity index (χ4n) is 2.12. The summed E-state index contributed by atoms with van der Waals surface area (Å²) in [5.41, 5.74) is 3.66. The van der Waals surface area contributed by atoms with Crippen LogP contribution in [0.3, 0.4) is 0 Å². The Labute approximate surface area is 164 Å².